The summed E-state index contributed by atoms with van der Waals surface area (Å²) in [6.07, 6.45) is 10.3. The van der Waals surface area contributed by atoms with Crippen LogP contribution in [-0.4, -0.2) is 21.2 Å². The zero-order chi connectivity index (χ0) is 20.5. The molecule has 3 aromatic heterocycles. The average Bonchev–Trinajstić information content (AvgIpc) is 3.51. The summed E-state index contributed by atoms with van der Waals surface area (Å²) in [7, 11) is 0. The summed E-state index contributed by atoms with van der Waals surface area (Å²) in [6, 6.07) is 3.83. The fourth-order valence-electron chi connectivity index (χ4n) is 4.57. The summed E-state index contributed by atoms with van der Waals surface area (Å²) in [6.45, 7) is 0.367. The smallest absolute Gasteiger partial charge is 0.263 e. The molecule has 3 aromatic rings. The summed E-state index contributed by atoms with van der Waals surface area (Å²) in [5.74, 6) is 0.866. The summed E-state index contributed by atoms with van der Waals surface area (Å²) in [5.41, 5.74) is 1.34. The third-order valence-corrected chi connectivity index (χ3v) is 8.19. The van der Waals surface area contributed by atoms with Crippen LogP contribution in [0.5, 0.6) is 0 Å². The Morgan fingerprint density at radius 2 is 2.10 bits per heavy atom. The predicted molar refractivity (Wildman–Crippen MR) is 119 cm³/mol. The zero-order valence-electron chi connectivity index (χ0n) is 16.8. The largest absolute Gasteiger partial charge is 0.467 e. The number of hydrogen-bond acceptors (Lipinski definition) is 6. The SMILES string of the molecule is O=C(CSc1nc2sc3c(c2c(=O)n1C1CCCC1)CCCC3)NCc1ccco1. The van der Waals surface area contributed by atoms with Gasteiger partial charge in [0.15, 0.2) is 5.16 Å². The van der Waals surface area contributed by atoms with Gasteiger partial charge < -0.3 is 9.73 Å². The Kier molecular flexibility index (Phi) is 5.69. The van der Waals surface area contributed by atoms with Crippen LogP contribution >= 0.6 is 23.1 Å². The van der Waals surface area contributed by atoms with Gasteiger partial charge in [-0.1, -0.05) is 24.6 Å². The van der Waals surface area contributed by atoms with Crippen LogP contribution in [0.3, 0.4) is 0 Å². The van der Waals surface area contributed by atoms with Gasteiger partial charge in [0, 0.05) is 10.9 Å². The first-order valence-electron chi connectivity index (χ1n) is 10.7. The van der Waals surface area contributed by atoms with E-state index in [2.05, 4.69) is 5.32 Å². The van der Waals surface area contributed by atoms with Crippen LogP contribution in [0.1, 0.15) is 60.8 Å². The van der Waals surface area contributed by atoms with E-state index in [0.717, 1.165) is 60.9 Å². The number of nitrogens with zero attached hydrogens (tertiary/aromatic N) is 2. The maximum atomic E-state index is 13.6. The van der Waals surface area contributed by atoms with Gasteiger partial charge in [-0.2, -0.15) is 0 Å². The van der Waals surface area contributed by atoms with Crippen molar-refractivity contribution in [1.29, 1.82) is 0 Å². The van der Waals surface area contributed by atoms with Crippen molar-refractivity contribution in [3.8, 4) is 0 Å². The lowest BCUT2D eigenvalue weighted by atomic mass is 9.97. The number of aromatic nitrogens is 2. The van der Waals surface area contributed by atoms with Crippen molar-refractivity contribution in [3.05, 3.63) is 45.0 Å². The van der Waals surface area contributed by atoms with Crippen LogP contribution < -0.4 is 10.9 Å². The van der Waals surface area contributed by atoms with Gasteiger partial charge in [0.05, 0.1) is 23.9 Å². The Hall–Kier alpha value is -2.06. The molecule has 2 aliphatic rings. The molecule has 0 unspecified atom stereocenters. The number of carbonyl (C=O) groups excluding carboxylic acids is 1. The maximum Gasteiger partial charge on any atom is 0.263 e. The second-order valence-electron chi connectivity index (χ2n) is 8.04. The molecular formula is C22H25N3O3S2. The number of fused-ring (bicyclic) bond motifs is 3. The Morgan fingerprint density at radius 1 is 1.27 bits per heavy atom. The summed E-state index contributed by atoms with van der Waals surface area (Å²) in [5, 5.41) is 4.40. The molecule has 1 fully saturated rings. The molecule has 5 rings (SSSR count). The van der Waals surface area contributed by atoms with Crippen molar-refractivity contribution in [2.45, 2.75) is 69.1 Å². The summed E-state index contributed by atoms with van der Waals surface area (Å²) in [4.78, 5) is 33.1. The number of hydrogen-bond donors (Lipinski definition) is 1. The quantitative estimate of drug-likeness (QED) is 0.450. The second-order valence-corrected chi connectivity index (χ2v) is 10.1. The third-order valence-electron chi connectivity index (χ3n) is 6.05. The third kappa shape index (κ3) is 3.83. The molecule has 0 aliphatic heterocycles. The number of amides is 1. The van der Waals surface area contributed by atoms with Crippen LogP contribution in [0.4, 0.5) is 0 Å². The van der Waals surface area contributed by atoms with Crippen molar-refractivity contribution in [1.82, 2.24) is 14.9 Å². The Bertz CT molecular complexity index is 1110. The maximum absolute atomic E-state index is 13.6. The molecule has 30 heavy (non-hydrogen) atoms. The van der Waals surface area contributed by atoms with E-state index in [1.165, 1.54) is 28.6 Å². The number of nitrogens with one attached hydrogen (secondary N) is 1. The number of thiophene rings is 1. The molecule has 1 amide bonds. The van der Waals surface area contributed by atoms with Gasteiger partial charge in [-0.25, -0.2) is 4.98 Å². The van der Waals surface area contributed by atoms with Crippen molar-refractivity contribution in [3.63, 3.8) is 0 Å². The van der Waals surface area contributed by atoms with Gasteiger partial charge >= 0.3 is 0 Å². The highest BCUT2D eigenvalue weighted by atomic mass is 32.2. The molecule has 0 atom stereocenters. The van der Waals surface area contributed by atoms with Gasteiger partial charge in [0.1, 0.15) is 10.6 Å². The minimum atomic E-state index is -0.0887. The minimum absolute atomic E-state index is 0.0887. The summed E-state index contributed by atoms with van der Waals surface area (Å²) >= 11 is 3.04. The first kappa shape index (κ1) is 19.9. The van der Waals surface area contributed by atoms with Gasteiger partial charge in [-0.05, 0) is 56.2 Å². The highest BCUT2D eigenvalue weighted by Gasteiger charge is 2.27. The van der Waals surface area contributed by atoms with E-state index in [4.69, 9.17) is 9.40 Å². The van der Waals surface area contributed by atoms with E-state index >= 15 is 0 Å². The normalized spacial score (nSPS) is 16.8. The molecule has 0 radical (unpaired) electrons. The van der Waals surface area contributed by atoms with Crippen LogP contribution in [0, 0.1) is 0 Å². The molecule has 2 aliphatic carbocycles. The summed E-state index contributed by atoms with van der Waals surface area (Å²) < 4.78 is 7.16. The lowest BCUT2D eigenvalue weighted by molar-refractivity contribution is -0.118. The van der Waals surface area contributed by atoms with Crippen LogP contribution in [0.2, 0.25) is 0 Å². The Labute approximate surface area is 183 Å². The molecule has 158 valence electrons. The fourth-order valence-corrected chi connectivity index (χ4v) is 6.76. The van der Waals surface area contributed by atoms with Crippen molar-refractivity contribution in [2.75, 3.05) is 5.75 Å². The zero-order valence-corrected chi connectivity index (χ0v) is 18.4. The molecule has 1 N–H and O–H groups in total. The van der Waals surface area contributed by atoms with E-state index < -0.39 is 0 Å². The number of aryl methyl sites for hydroxylation is 2. The molecule has 0 aromatic carbocycles. The topological polar surface area (TPSA) is 77.1 Å². The molecule has 3 heterocycles. The minimum Gasteiger partial charge on any atom is -0.467 e. The van der Waals surface area contributed by atoms with E-state index in [1.807, 2.05) is 10.6 Å². The van der Waals surface area contributed by atoms with E-state index in [1.54, 1.807) is 23.7 Å². The Balaban J connectivity index is 1.43. The van der Waals surface area contributed by atoms with Crippen molar-refractivity contribution < 1.29 is 9.21 Å². The molecule has 1 saturated carbocycles. The lowest BCUT2D eigenvalue weighted by Crippen LogP contribution is -2.28. The monoisotopic (exact) mass is 443 g/mol. The average molecular weight is 444 g/mol. The van der Waals surface area contributed by atoms with Gasteiger partial charge in [0.25, 0.3) is 5.56 Å². The molecule has 8 heteroatoms. The molecule has 0 saturated heterocycles. The van der Waals surface area contributed by atoms with Crippen molar-refractivity contribution in [2.24, 2.45) is 0 Å². The van der Waals surface area contributed by atoms with E-state index in [9.17, 15) is 9.59 Å². The van der Waals surface area contributed by atoms with Crippen LogP contribution in [0.25, 0.3) is 10.2 Å². The predicted octanol–water partition coefficient (Wildman–Crippen LogP) is 4.45. The molecule has 6 nitrogen and oxygen atoms in total. The Morgan fingerprint density at radius 3 is 2.90 bits per heavy atom. The van der Waals surface area contributed by atoms with Gasteiger partial charge in [-0.3, -0.25) is 14.2 Å². The van der Waals surface area contributed by atoms with Gasteiger partial charge in [0.2, 0.25) is 5.91 Å². The number of thioether (sulfide) groups is 1. The first-order valence-corrected chi connectivity index (χ1v) is 12.5. The van der Waals surface area contributed by atoms with E-state index in [0.29, 0.717) is 11.7 Å². The van der Waals surface area contributed by atoms with Gasteiger partial charge in [-0.15, -0.1) is 11.3 Å². The standard InChI is InChI=1S/C22H25N3O3S2/c26-18(23-12-15-8-5-11-28-15)13-29-22-24-20-19(16-9-3-4-10-17(16)30-20)21(27)25(22)14-6-1-2-7-14/h5,8,11,14H,1-4,6-7,9-10,12-13H2,(H,23,26). The number of furan rings is 1. The highest BCUT2D eigenvalue weighted by Crippen LogP contribution is 2.37. The number of rotatable bonds is 6. The molecule has 0 bridgehead atoms. The van der Waals surface area contributed by atoms with Crippen LogP contribution in [-0.2, 0) is 24.2 Å². The molecular weight excluding hydrogens is 418 g/mol. The lowest BCUT2D eigenvalue weighted by Gasteiger charge is -2.18. The second kappa shape index (κ2) is 8.59. The first-order chi connectivity index (χ1) is 14.7. The highest BCUT2D eigenvalue weighted by molar-refractivity contribution is 7.99. The fraction of sp³-hybridized carbons (Fsp3) is 0.500. The van der Waals surface area contributed by atoms with Crippen LogP contribution in [0.15, 0.2) is 32.8 Å². The molecule has 0 spiro atoms. The van der Waals surface area contributed by atoms with Crippen molar-refractivity contribution >= 4 is 39.2 Å². The van der Waals surface area contributed by atoms with E-state index in [-0.39, 0.29) is 23.3 Å². The number of carbonyl (C=O) groups is 1.